The smallest absolute Gasteiger partial charge is 0.0654 e. The fraction of sp³-hybridized carbons (Fsp3) is 1.00. The van der Waals surface area contributed by atoms with Gasteiger partial charge in [-0.05, 0) is 58.0 Å². The van der Waals surface area contributed by atoms with Crippen LogP contribution in [0, 0.1) is 5.92 Å². The van der Waals surface area contributed by atoms with Gasteiger partial charge in [-0.15, -0.1) is 0 Å². The van der Waals surface area contributed by atoms with E-state index in [1.807, 2.05) is 0 Å². The normalized spacial score (nSPS) is 46.0. The maximum atomic E-state index is 3.85. The van der Waals surface area contributed by atoms with Crippen LogP contribution in [0.1, 0.15) is 51.4 Å². The number of hydrogen-bond donors (Lipinski definition) is 1. The third kappa shape index (κ3) is 1.75. The Morgan fingerprint density at radius 1 is 0.778 bits per heavy atom. The fourth-order valence-electron chi connectivity index (χ4n) is 5.09. The van der Waals surface area contributed by atoms with E-state index in [1.165, 1.54) is 71.0 Å². The Kier molecular flexibility index (Phi) is 3.10. The van der Waals surface area contributed by atoms with E-state index in [0.717, 1.165) is 18.1 Å². The van der Waals surface area contributed by atoms with Gasteiger partial charge in [0.2, 0.25) is 0 Å². The van der Waals surface area contributed by atoms with Crippen LogP contribution < -0.4 is 5.32 Å². The van der Waals surface area contributed by atoms with E-state index < -0.39 is 0 Å². The molecule has 3 heteroatoms. The molecule has 4 fully saturated rings. The molecule has 0 aromatic carbocycles. The van der Waals surface area contributed by atoms with Gasteiger partial charge in [0.15, 0.2) is 0 Å². The summed E-state index contributed by atoms with van der Waals surface area (Å²) >= 11 is 0. The number of rotatable bonds is 0. The molecule has 0 radical (unpaired) electrons. The van der Waals surface area contributed by atoms with Crippen LogP contribution in [0.2, 0.25) is 0 Å². The predicted molar refractivity (Wildman–Crippen MR) is 73.2 cm³/mol. The summed E-state index contributed by atoms with van der Waals surface area (Å²) in [6.07, 6.45) is 13.0. The second kappa shape index (κ2) is 4.77. The zero-order valence-electron chi connectivity index (χ0n) is 11.5. The highest BCUT2D eigenvalue weighted by Crippen LogP contribution is 2.41. The molecule has 0 aromatic heterocycles. The van der Waals surface area contributed by atoms with Gasteiger partial charge in [-0.1, -0.05) is 6.42 Å². The lowest BCUT2D eigenvalue weighted by Gasteiger charge is -2.60. The third-order valence-electron chi connectivity index (χ3n) is 5.81. The van der Waals surface area contributed by atoms with Crippen molar-refractivity contribution in [3.05, 3.63) is 0 Å². The quantitative estimate of drug-likeness (QED) is 0.708. The monoisotopic (exact) mass is 249 g/mol. The molecule has 102 valence electrons. The van der Waals surface area contributed by atoms with Gasteiger partial charge in [0.05, 0.1) is 12.3 Å². The van der Waals surface area contributed by atoms with Gasteiger partial charge in [0.1, 0.15) is 0 Å². The minimum atomic E-state index is 0.711. The lowest BCUT2D eigenvalue weighted by molar-refractivity contribution is -0.146. The van der Waals surface area contributed by atoms with Crippen LogP contribution in [0.4, 0.5) is 0 Å². The highest BCUT2D eigenvalue weighted by Gasteiger charge is 2.48. The van der Waals surface area contributed by atoms with Crippen LogP contribution in [-0.4, -0.2) is 47.8 Å². The summed E-state index contributed by atoms with van der Waals surface area (Å²) in [5.74, 6) is 0.911. The summed E-state index contributed by atoms with van der Waals surface area (Å²) in [6, 6.07) is 0.899. The van der Waals surface area contributed by atoms with Crippen LogP contribution >= 0.6 is 0 Å². The molecule has 0 spiro atoms. The van der Waals surface area contributed by atoms with Crippen LogP contribution in [0.3, 0.4) is 0 Å². The molecule has 0 bridgehead atoms. The summed E-state index contributed by atoms with van der Waals surface area (Å²) in [5.41, 5.74) is 0. The molecule has 0 saturated carbocycles. The zero-order valence-corrected chi connectivity index (χ0v) is 11.5. The number of nitrogens with one attached hydrogen (secondary N) is 1. The maximum Gasteiger partial charge on any atom is 0.0654 e. The van der Waals surface area contributed by atoms with E-state index >= 15 is 0 Å². The van der Waals surface area contributed by atoms with E-state index in [0.29, 0.717) is 6.17 Å². The Morgan fingerprint density at radius 3 is 2.56 bits per heavy atom. The summed E-state index contributed by atoms with van der Waals surface area (Å²) in [4.78, 5) is 5.73. The average Bonchev–Trinajstić information content (AvgIpc) is 2.48. The van der Waals surface area contributed by atoms with Gasteiger partial charge in [-0.2, -0.15) is 0 Å². The standard InChI is InChI=1S/C15H27N3/c1-3-10-17-13(7-1)12-6-5-9-16-15(12)18-11-4-2-8-14(17)18/h12-16H,1-11H2/t12-,13+,14-,15+/m1/s1. The SMILES string of the molecule is C1CN[C@@H]2[C@H](C1)[C@@H]1CCCCN1[C@H]1CCCCN12. The lowest BCUT2D eigenvalue weighted by Crippen LogP contribution is -2.72. The number of hydrogen-bond acceptors (Lipinski definition) is 3. The Morgan fingerprint density at radius 2 is 1.61 bits per heavy atom. The topological polar surface area (TPSA) is 18.5 Å². The molecular formula is C15H27N3. The van der Waals surface area contributed by atoms with Gasteiger partial charge < -0.3 is 5.32 Å². The first-order valence-corrected chi connectivity index (χ1v) is 8.20. The predicted octanol–water partition coefficient (Wildman–Crippen LogP) is 1.99. The lowest BCUT2D eigenvalue weighted by atomic mass is 9.78. The van der Waals surface area contributed by atoms with Crippen LogP contribution in [-0.2, 0) is 0 Å². The number of piperidine rings is 3. The van der Waals surface area contributed by atoms with E-state index in [1.54, 1.807) is 0 Å². The molecule has 0 unspecified atom stereocenters. The molecule has 1 N–H and O–H groups in total. The highest BCUT2D eigenvalue weighted by molar-refractivity contribution is 5.00. The first-order valence-electron chi connectivity index (χ1n) is 8.20. The van der Waals surface area contributed by atoms with Gasteiger partial charge >= 0.3 is 0 Å². The summed E-state index contributed by atoms with van der Waals surface area (Å²) in [6.45, 7) is 3.95. The van der Waals surface area contributed by atoms with Crippen molar-refractivity contribution in [3.8, 4) is 0 Å². The van der Waals surface area contributed by atoms with Gasteiger partial charge in [0.25, 0.3) is 0 Å². The molecule has 4 atom stereocenters. The van der Waals surface area contributed by atoms with Crippen molar-refractivity contribution in [2.24, 2.45) is 5.92 Å². The largest absolute Gasteiger partial charge is 0.301 e. The molecular weight excluding hydrogens is 222 g/mol. The first-order chi connectivity index (χ1) is 8.95. The second-order valence-electron chi connectivity index (χ2n) is 6.72. The molecule has 3 nitrogen and oxygen atoms in total. The molecule has 0 aromatic rings. The fourth-order valence-corrected chi connectivity index (χ4v) is 5.09. The Balaban J connectivity index is 1.64. The van der Waals surface area contributed by atoms with Gasteiger partial charge in [0, 0.05) is 18.5 Å². The van der Waals surface area contributed by atoms with Crippen LogP contribution in [0.5, 0.6) is 0 Å². The molecule has 4 aliphatic heterocycles. The van der Waals surface area contributed by atoms with E-state index in [9.17, 15) is 0 Å². The third-order valence-corrected chi connectivity index (χ3v) is 5.81. The molecule has 4 heterocycles. The number of fused-ring (bicyclic) bond motifs is 6. The molecule has 0 aliphatic carbocycles. The van der Waals surface area contributed by atoms with E-state index in [4.69, 9.17) is 0 Å². The molecule has 4 rings (SSSR count). The molecule has 0 amide bonds. The van der Waals surface area contributed by atoms with Crippen molar-refractivity contribution < 1.29 is 0 Å². The van der Waals surface area contributed by atoms with Crippen molar-refractivity contribution in [1.82, 2.24) is 15.1 Å². The Labute approximate surface area is 111 Å². The Bertz CT molecular complexity index is 217. The zero-order chi connectivity index (χ0) is 11.9. The molecule has 4 saturated heterocycles. The number of nitrogens with zero attached hydrogens (tertiary/aromatic N) is 2. The Hall–Kier alpha value is -0.120. The van der Waals surface area contributed by atoms with Crippen molar-refractivity contribution >= 4 is 0 Å². The minimum Gasteiger partial charge on any atom is -0.301 e. The van der Waals surface area contributed by atoms with E-state index in [2.05, 4.69) is 15.1 Å². The summed E-state index contributed by atoms with van der Waals surface area (Å²) in [7, 11) is 0. The molecule has 4 aliphatic rings. The first kappa shape index (κ1) is 11.7. The van der Waals surface area contributed by atoms with Crippen molar-refractivity contribution in [2.75, 3.05) is 19.6 Å². The minimum absolute atomic E-state index is 0.711. The maximum absolute atomic E-state index is 3.85. The van der Waals surface area contributed by atoms with Crippen molar-refractivity contribution in [2.45, 2.75) is 69.7 Å². The highest BCUT2D eigenvalue weighted by atomic mass is 15.5. The van der Waals surface area contributed by atoms with Gasteiger partial charge in [-0.25, -0.2) is 0 Å². The van der Waals surface area contributed by atoms with Crippen LogP contribution in [0.15, 0.2) is 0 Å². The summed E-state index contributed by atoms with van der Waals surface area (Å²) < 4.78 is 0. The van der Waals surface area contributed by atoms with E-state index in [-0.39, 0.29) is 0 Å². The average molecular weight is 249 g/mol. The molecule has 18 heavy (non-hydrogen) atoms. The van der Waals surface area contributed by atoms with Crippen LogP contribution in [0.25, 0.3) is 0 Å². The van der Waals surface area contributed by atoms with Crippen molar-refractivity contribution in [1.29, 1.82) is 0 Å². The second-order valence-corrected chi connectivity index (χ2v) is 6.72. The van der Waals surface area contributed by atoms with Crippen molar-refractivity contribution in [3.63, 3.8) is 0 Å². The van der Waals surface area contributed by atoms with Gasteiger partial charge in [-0.3, -0.25) is 9.80 Å². The summed E-state index contributed by atoms with van der Waals surface area (Å²) in [5, 5.41) is 3.85.